The Bertz CT molecular complexity index is 806. The van der Waals surface area contributed by atoms with E-state index in [-0.39, 0.29) is 18.8 Å². The van der Waals surface area contributed by atoms with Crippen LogP contribution in [0.4, 0.5) is 0 Å². The van der Waals surface area contributed by atoms with Crippen LogP contribution in [0.1, 0.15) is 39.3 Å². The summed E-state index contributed by atoms with van der Waals surface area (Å²) in [6.45, 7) is 5.03. The molecule has 3 amide bonds. The van der Waals surface area contributed by atoms with Gasteiger partial charge in [0.15, 0.2) is 0 Å². The van der Waals surface area contributed by atoms with Gasteiger partial charge in [-0.2, -0.15) is 11.8 Å². The van der Waals surface area contributed by atoms with Crippen molar-refractivity contribution in [3.8, 4) is 0 Å². The second-order valence-electron chi connectivity index (χ2n) is 8.16. The summed E-state index contributed by atoms with van der Waals surface area (Å²) in [4.78, 5) is 56.4. The summed E-state index contributed by atoms with van der Waals surface area (Å²) < 4.78 is 0. The van der Waals surface area contributed by atoms with Crippen LogP contribution in [-0.4, -0.2) is 86.2 Å². The van der Waals surface area contributed by atoms with Gasteiger partial charge < -0.3 is 36.9 Å². The van der Waals surface area contributed by atoms with E-state index in [2.05, 4.69) is 25.9 Å². The van der Waals surface area contributed by atoms with Gasteiger partial charge in [0.05, 0.1) is 18.5 Å². The molecule has 1 aromatic heterocycles. The highest BCUT2D eigenvalue weighted by molar-refractivity contribution is 7.98. The van der Waals surface area contributed by atoms with E-state index >= 15 is 0 Å². The third kappa shape index (κ3) is 9.31. The summed E-state index contributed by atoms with van der Waals surface area (Å²) in [5.74, 6) is -2.87. The number of imidazole rings is 1. The predicted molar refractivity (Wildman–Crippen MR) is 128 cm³/mol. The Labute approximate surface area is 203 Å². The highest BCUT2D eigenvalue weighted by Gasteiger charge is 2.33. The molecule has 13 heteroatoms. The Morgan fingerprint density at radius 1 is 1.12 bits per heavy atom. The fourth-order valence-corrected chi connectivity index (χ4v) is 3.49. The number of aromatic nitrogens is 2. The second kappa shape index (κ2) is 14.6. The monoisotopic (exact) mass is 500 g/mol. The van der Waals surface area contributed by atoms with Crippen molar-refractivity contribution in [1.82, 2.24) is 25.9 Å². The highest BCUT2D eigenvalue weighted by Crippen LogP contribution is 2.08. The van der Waals surface area contributed by atoms with E-state index < -0.39 is 54.0 Å². The first-order valence-corrected chi connectivity index (χ1v) is 12.4. The normalized spacial score (nSPS) is 16.4. The van der Waals surface area contributed by atoms with Crippen molar-refractivity contribution in [2.45, 2.75) is 70.3 Å². The second-order valence-corrected chi connectivity index (χ2v) is 9.15. The van der Waals surface area contributed by atoms with Gasteiger partial charge in [-0.15, -0.1) is 0 Å². The van der Waals surface area contributed by atoms with Crippen LogP contribution in [0, 0.1) is 5.92 Å². The largest absolute Gasteiger partial charge is 0.480 e. The van der Waals surface area contributed by atoms with Gasteiger partial charge in [-0.25, -0.2) is 9.78 Å². The molecule has 0 bridgehead atoms. The number of amides is 3. The van der Waals surface area contributed by atoms with Crippen molar-refractivity contribution in [1.29, 1.82) is 0 Å². The van der Waals surface area contributed by atoms with Gasteiger partial charge in [-0.3, -0.25) is 14.4 Å². The lowest BCUT2D eigenvalue weighted by molar-refractivity contribution is -0.143. The fourth-order valence-electron chi connectivity index (χ4n) is 3.02. The third-order valence-electron chi connectivity index (χ3n) is 5.46. The van der Waals surface area contributed by atoms with E-state index in [4.69, 9.17) is 5.73 Å². The van der Waals surface area contributed by atoms with Crippen LogP contribution in [0.15, 0.2) is 12.5 Å². The lowest BCUT2D eigenvalue weighted by Gasteiger charge is -2.27. The number of aliphatic hydroxyl groups is 1. The van der Waals surface area contributed by atoms with E-state index in [9.17, 15) is 29.4 Å². The molecule has 6 unspecified atom stereocenters. The number of H-pyrrole nitrogens is 1. The number of carboxylic acid groups (broad SMARTS) is 1. The molecule has 34 heavy (non-hydrogen) atoms. The zero-order valence-electron chi connectivity index (χ0n) is 19.9. The van der Waals surface area contributed by atoms with Crippen LogP contribution >= 0.6 is 11.8 Å². The Morgan fingerprint density at radius 2 is 1.76 bits per heavy atom. The number of nitrogens with two attached hydrogens (primary N) is 1. The maximum Gasteiger partial charge on any atom is 0.326 e. The number of aliphatic carboxylic acids is 1. The number of aliphatic hydroxyl groups excluding tert-OH is 1. The van der Waals surface area contributed by atoms with Crippen LogP contribution < -0.4 is 21.7 Å². The van der Waals surface area contributed by atoms with Crippen molar-refractivity contribution in [3.05, 3.63) is 18.2 Å². The van der Waals surface area contributed by atoms with Crippen LogP contribution in [0.25, 0.3) is 0 Å². The molecule has 0 fully saturated rings. The molecule has 0 radical (unpaired) electrons. The van der Waals surface area contributed by atoms with Gasteiger partial charge in [0.1, 0.15) is 18.1 Å². The lowest BCUT2D eigenvalue weighted by Crippen LogP contribution is -2.60. The van der Waals surface area contributed by atoms with Crippen LogP contribution in [0.3, 0.4) is 0 Å². The summed E-state index contributed by atoms with van der Waals surface area (Å²) in [5, 5.41) is 27.0. The van der Waals surface area contributed by atoms with Gasteiger partial charge in [-0.05, 0) is 31.3 Å². The molecular formula is C21H36N6O6S. The fraction of sp³-hybridized carbons (Fsp3) is 0.667. The van der Waals surface area contributed by atoms with Gasteiger partial charge in [0.25, 0.3) is 0 Å². The molecule has 0 saturated heterocycles. The van der Waals surface area contributed by atoms with E-state index in [0.29, 0.717) is 17.9 Å². The van der Waals surface area contributed by atoms with Crippen molar-refractivity contribution < 1.29 is 29.4 Å². The smallest absolute Gasteiger partial charge is 0.326 e. The number of nitrogens with zero attached hydrogens (tertiary/aromatic N) is 1. The quantitative estimate of drug-likeness (QED) is 0.158. The van der Waals surface area contributed by atoms with E-state index in [1.807, 2.05) is 20.1 Å². The summed E-state index contributed by atoms with van der Waals surface area (Å²) in [7, 11) is 0. The molecular weight excluding hydrogens is 464 g/mol. The highest BCUT2D eigenvalue weighted by atomic mass is 32.2. The zero-order valence-corrected chi connectivity index (χ0v) is 20.7. The molecule has 0 aliphatic carbocycles. The number of thioether (sulfide) groups is 1. The van der Waals surface area contributed by atoms with Crippen molar-refractivity contribution >= 4 is 35.5 Å². The van der Waals surface area contributed by atoms with E-state index in [1.54, 1.807) is 0 Å². The van der Waals surface area contributed by atoms with Crippen molar-refractivity contribution in [2.24, 2.45) is 11.7 Å². The van der Waals surface area contributed by atoms with E-state index in [0.717, 1.165) is 0 Å². The molecule has 8 N–H and O–H groups in total. The van der Waals surface area contributed by atoms with Gasteiger partial charge >= 0.3 is 5.97 Å². The average molecular weight is 501 g/mol. The van der Waals surface area contributed by atoms with E-state index in [1.165, 1.54) is 31.2 Å². The topological polar surface area (TPSA) is 200 Å². The van der Waals surface area contributed by atoms with Crippen molar-refractivity contribution in [3.63, 3.8) is 0 Å². The van der Waals surface area contributed by atoms with Gasteiger partial charge in [0.2, 0.25) is 17.7 Å². The van der Waals surface area contributed by atoms with Gasteiger partial charge in [0, 0.05) is 18.3 Å². The number of hydrogen-bond donors (Lipinski definition) is 7. The first-order valence-electron chi connectivity index (χ1n) is 11.0. The molecule has 6 atom stereocenters. The molecule has 0 aliphatic rings. The average Bonchev–Trinajstić information content (AvgIpc) is 3.30. The summed E-state index contributed by atoms with van der Waals surface area (Å²) in [5.41, 5.74) is 6.46. The summed E-state index contributed by atoms with van der Waals surface area (Å²) >= 11 is 1.47. The molecule has 12 nitrogen and oxygen atoms in total. The molecule has 1 rings (SSSR count). The van der Waals surface area contributed by atoms with Crippen LogP contribution in [0.2, 0.25) is 0 Å². The first kappa shape index (κ1) is 29.4. The van der Waals surface area contributed by atoms with Crippen LogP contribution in [-0.2, 0) is 25.6 Å². The number of hydrogen-bond acceptors (Lipinski definition) is 8. The number of aromatic amines is 1. The lowest BCUT2D eigenvalue weighted by atomic mass is 9.99. The molecule has 0 aromatic carbocycles. The number of rotatable bonds is 15. The summed E-state index contributed by atoms with van der Waals surface area (Å²) in [6, 6.07) is -4.53. The zero-order chi connectivity index (χ0) is 25.8. The molecule has 0 saturated carbocycles. The Balaban J connectivity index is 2.92. The molecule has 1 aromatic rings. The SMILES string of the molecule is CCC(C)C(N)C(=O)NC(CCSC)C(=O)NC(C(=O)NC(Cc1cnc[nH]1)C(=O)O)C(C)O. The number of carbonyl (C=O) groups is 4. The third-order valence-corrected chi connectivity index (χ3v) is 6.10. The minimum Gasteiger partial charge on any atom is -0.480 e. The Morgan fingerprint density at radius 3 is 2.26 bits per heavy atom. The maximum absolute atomic E-state index is 12.9. The summed E-state index contributed by atoms with van der Waals surface area (Å²) in [6.07, 6.45) is 4.22. The molecule has 0 aliphatic heterocycles. The van der Waals surface area contributed by atoms with Gasteiger partial charge in [-0.1, -0.05) is 20.3 Å². The molecule has 0 spiro atoms. The number of carboxylic acids is 1. The maximum atomic E-state index is 12.9. The number of nitrogens with one attached hydrogen (secondary N) is 4. The Kier molecular flexibility index (Phi) is 12.6. The molecule has 192 valence electrons. The standard InChI is InChI=1S/C21H36N6O6S/c1-5-11(2)16(22)19(30)25-14(6-7-34-4)18(29)27-17(12(3)28)20(31)26-15(21(32)33)8-13-9-23-10-24-13/h9-12,14-17,28H,5-8,22H2,1-4H3,(H,23,24)(H,25,30)(H,26,31)(H,27,29)(H,32,33). The predicted octanol–water partition coefficient (Wildman–Crippen LogP) is -1.00. The first-order chi connectivity index (χ1) is 16.0. The van der Waals surface area contributed by atoms with Crippen molar-refractivity contribution in [2.75, 3.05) is 12.0 Å². The molecule has 1 heterocycles. The Hall–Kier alpha value is -2.64. The van der Waals surface area contributed by atoms with Crippen LogP contribution in [0.5, 0.6) is 0 Å². The number of carbonyl (C=O) groups excluding carboxylic acids is 3. The minimum atomic E-state index is -1.44. The minimum absolute atomic E-state index is 0.0680.